The summed E-state index contributed by atoms with van der Waals surface area (Å²) < 4.78 is 0.955. The molecular formula is C13H11NOS2. The van der Waals surface area contributed by atoms with E-state index in [0.717, 1.165) is 4.24 Å². The number of nitrogens with zero attached hydrogens (tertiary/aromatic N) is 1. The molecule has 0 fully saturated rings. The standard InChI is InChI=1S/C13H11NOS2/c14-6-7-16-13-9-11(15)8-12(17-13)10-4-2-1-3-5-10/h1-5,9,12H,7-8H2/t12-/m1/s1. The van der Waals surface area contributed by atoms with Gasteiger partial charge < -0.3 is 0 Å². The van der Waals surface area contributed by atoms with Crippen molar-refractivity contribution in [3.8, 4) is 6.07 Å². The molecule has 1 atom stereocenters. The number of nitriles is 1. The van der Waals surface area contributed by atoms with Crippen molar-refractivity contribution in [3.63, 3.8) is 0 Å². The quantitative estimate of drug-likeness (QED) is 0.834. The van der Waals surface area contributed by atoms with Gasteiger partial charge in [-0.1, -0.05) is 30.3 Å². The molecule has 1 aromatic carbocycles. The van der Waals surface area contributed by atoms with E-state index in [0.29, 0.717) is 12.2 Å². The Balaban J connectivity index is 2.11. The summed E-state index contributed by atoms with van der Waals surface area (Å²) in [4.78, 5) is 11.6. The number of benzene rings is 1. The molecule has 1 heterocycles. The molecule has 0 spiro atoms. The minimum Gasteiger partial charge on any atom is -0.295 e. The van der Waals surface area contributed by atoms with E-state index in [1.54, 1.807) is 17.8 Å². The van der Waals surface area contributed by atoms with Gasteiger partial charge in [0.15, 0.2) is 5.78 Å². The minimum absolute atomic E-state index is 0.151. The van der Waals surface area contributed by atoms with Crippen molar-refractivity contribution in [1.29, 1.82) is 5.26 Å². The van der Waals surface area contributed by atoms with Gasteiger partial charge in [-0.15, -0.1) is 23.5 Å². The van der Waals surface area contributed by atoms with Crippen LogP contribution in [-0.2, 0) is 4.79 Å². The molecule has 4 heteroatoms. The molecule has 1 aliphatic rings. The van der Waals surface area contributed by atoms with Gasteiger partial charge in [0, 0.05) is 22.0 Å². The van der Waals surface area contributed by atoms with Crippen LogP contribution in [0.2, 0.25) is 0 Å². The molecule has 0 N–H and O–H groups in total. The van der Waals surface area contributed by atoms with Crippen molar-refractivity contribution in [2.45, 2.75) is 11.7 Å². The van der Waals surface area contributed by atoms with Crippen LogP contribution < -0.4 is 0 Å². The summed E-state index contributed by atoms with van der Waals surface area (Å²) in [6.07, 6.45) is 2.21. The third-order valence-electron chi connectivity index (χ3n) is 2.37. The Labute approximate surface area is 109 Å². The maximum Gasteiger partial charge on any atom is 0.158 e. The van der Waals surface area contributed by atoms with Crippen molar-refractivity contribution in [2.75, 3.05) is 5.75 Å². The van der Waals surface area contributed by atoms with Crippen molar-refractivity contribution < 1.29 is 4.79 Å². The first-order valence-corrected chi connectivity index (χ1v) is 7.12. The van der Waals surface area contributed by atoms with Crippen LogP contribution in [0.3, 0.4) is 0 Å². The fraction of sp³-hybridized carbons (Fsp3) is 0.231. The largest absolute Gasteiger partial charge is 0.295 e. The van der Waals surface area contributed by atoms with Gasteiger partial charge in [0.1, 0.15) is 0 Å². The molecule has 0 aliphatic carbocycles. The van der Waals surface area contributed by atoms with Crippen molar-refractivity contribution in [2.24, 2.45) is 0 Å². The number of rotatable bonds is 3. The molecule has 17 heavy (non-hydrogen) atoms. The van der Waals surface area contributed by atoms with E-state index in [1.165, 1.54) is 17.3 Å². The van der Waals surface area contributed by atoms with Crippen LogP contribution >= 0.6 is 23.5 Å². The van der Waals surface area contributed by atoms with Gasteiger partial charge in [0.2, 0.25) is 0 Å². The second kappa shape index (κ2) is 5.95. The number of hydrogen-bond donors (Lipinski definition) is 0. The maximum absolute atomic E-state index is 11.6. The van der Waals surface area contributed by atoms with E-state index in [2.05, 4.69) is 6.07 Å². The molecule has 1 aliphatic heterocycles. The third-order valence-corrected chi connectivity index (χ3v) is 4.77. The molecule has 2 rings (SSSR count). The van der Waals surface area contributed by atoms with Crippen molar-refractivity contribution >= 4 is 29.3 Å². The Bertz CT molecular complexity index is 476. The highest BCUT2D eigenvalue weighted by molar-refractivity contribution is 8.22. The first kappa shape index (κ1) is 12.3. The van der Waals surface area contributed by atoms with E-state index < -0.39 is 0 Å². The summed E-state index contributed by atoms with van der Waals surface area (Å²) in [6.45, 7) is 0. The Morgan fingerprint density at radius 2 is 2.18 bits per heavy atom. The zero-order valence-corrected chi connectivity index (χ0v) is 10.8. The third kappa shape index (κ3) is 3.39. The van der Waals surface area contributed by atoms with Crippen LogP contribution in [0.25, 0.3) is 0 Å². The van der Waals surface area contributed by atoms with Crippen LogP contribution in [0, 0.1) is 11.3 Å². The fourth-order valence-corrected chi connectivity index (χ4v) is 3.86. The lowest BCUT2D eigenvalue weighted by atomic mass is 10.1. The Morgan fingerprint density at radius 1 is 1.41 bits per heavy atom. The summed E-state index contributed by atoms with van der Waals surface area (Å²) >= 11 is 3.12. The molecule has 0 amide bonds. The van der Waals surface area contributed by atoms with Gasteiger partial charge in [0.25, 0.3) is 0 Å². The number of carbonyl (C=O) groups excluding carboxylic acids is 1. The van der Waals surface area contributed by atoms with E-state index in [-0.39, 0.29) is 11.0 Å². The molecular weight excluding hydrogens is 250 g/mol. The van der Waals surface area contributed by atoms with Gasteiger partial charge in [-0.3, -0.25) is 4.79 Å². The Kier molecular flexibility index (Phi) is 4.29. The first-order chi connectivity index (χ1) is 8.29. The van der Waals surface area contributed by atoms with Crippen molar-refractivity contribution in [3.05, 3.63) is 46.2 Å². The lowest BCUT2D eigenvalue weighted by molar-refractivity contribution is -0.114. The lowest BCUT2D eigenvalue weighted by Crippen LogP contribution is -2.07. The molecule has 0 unspecified atom stereocenters. The molecule has 86 valence electrons. The Hall–Kier alpha value is -1.18. The maximum atomic E-state index is 11.6. The SMILES string of the molecule is N#CCSC1=CC(=O)C[C@H](c2ccccc2)S1. The highest BCUT2D eigenvalue weighted by Crippen LogP contribution is 2.45. The van der Waals surface area contributed by atoms with Crippen LogP contribution in [-0.4, -0.2) is 11.5 Å². The van der Waals surface area contributed by atoms with Crippen LogP contribution in [0.15, 0.2) is 40.6 Å². The molecule has 0 saturated heterocycles. The van der Waals surface area contributed by atoms with Crippen LogP contribution in [0.1, 0.15) is 17.2 Å². The second-order valence-electron chi connectivity index (χ2n) is 3.60. The zero-order chi connectivity index (χ0) is 12.1. The molecule has 2 nitrogen and oxygen atoms in total. The van der Waals surface area contributed by atoms with Crippen LogP contribution in [0.4, 0.5) is 0 Å². The fourth-order valence-electron chi connectivity index (χ4n) is 1.62. The molecule has 0 saturated carbocycles. The zero-order valence-electron chi connectivity index (χ0n) is 9.13. The summed E-state index contributed by atoms with van der Waals surface area (Å²) in [5.74, 6) is 0.547. The molecule has 0 radical (unpaired) electrons. The van der Waals surface area contributed by atoms with Gasteiger partial charge in [0.05, 0.1) is 11.8 Å². The number of carbonyl (C=O) groups is 1. The monoisotopic (exact) mass is 261 g/mol. The average Bonchev–Trinajstić information content (AvgIpc) is 2.37. The normalized spacial score (nSPS) is 19.6. The topological polar surface area (TPSA) is 40.9 Å². The number of allylic oxidation sites excluding steroid dienone is 1. The predicted octanol–water partition coefficient (Wildman–Crippen LogP) is 3.53. The van der Waals surface area contributed by atoms with Gasteiger partial charge in [-0.2, -0.15) is 5.26 Å². The summed E-state index contributed by atoms with van der Waals surface area (Å²) in [7, 11) is 0. The van der Waals surface area contributed by atoms with Gasteiger partial charge in [-0.25, -0.2) is 0 Å². The highest BCUT2D eigenvalue weighted by atomic mass is 32.2. The molecule has 1 aromatic rings. The lowest BCUT2D eigenvalue weighted by Gasteiger charge is -2.20. The van der Waals surface area contributed by atoms with E-state index in [4.69, 9.17) is 5.26 Å². The number of thioether (sulfide) groups is 2. The second-order valence-corrected chi connectivity index (χ2v) is 6.12. The predicted molar refractivity (Wildman–Crippen MR) is 72.6 cm³/mol. The minimum atomic E-state index is 0.151. The molecule has 0 aromatic heterocycles. The van der Waals surface area contributed by atoms with Crippen LogP contribution in [0.5, 0.6) is 0 Å². The summed E-state index contributed by atoms with van der Waals surface area (Å²) in [5, 5.41) is 8.74. The summed E-state index contributed by atoms with van der Waals surface area (Å²) in [5.41, 5.74) is 1.18. The van der Waals surface area contributed by atoms with E-state index in [9.17, 15) is 4.79 Å². The van der Waals surface area contributed by atoms with E-state index in [1.807, 2.05) is 30.3 Å². The number of ketones is 1. The van der Waals surface area contributed by atoms with Gasteiger partial charge >= 0.3 is 0 Å². The highest BCUT2D eigenvalue weighted by Gasteiger charge is 2.22. The summed E-state index contributed by atoms with van der Waals surface area (Å²) in [6, 6.07) is 12.1. The first-order valence-electron chi connectivity index (χ1n) is 5.25. The van der Waals surface area contributed by atoms with E-state index >= 15 is 0 Å². The Morgan fingerprint density at radius 3 is 2.88 bits per heavy atom. The van der Waals surface area contributed by atoms with Gasteiger partial charge in [-0.05, 0) is 5.56 Å². The molecule has 0 bridgehead atoms. The van der Waals surface area contributed by atoms with Crippen molar-refractivity contribution in [1.82, 2.24) is 0 Å². The smallest absolute Gasteiger partial charge is 0.158 e. The average molecular weight is 261 g/mol. The number of hydrogen-bond acceptors (Lipinski definition) is 4.